The van der Waals surface area contributed by atoms with E-state index in [1.165, 1.54) is 117 Å². The minimum atomic E-state index is -4.30. The lowest BCUT2D eigenvalue weighted by atomic mass is 9.49. The summed E-state index contributed by atoms with van der Waals surface area (Å²) in [6.45, 7) is 12.4. The lowest BCUT2D eigenvalue weighted by molar-refractivity contribution is -0.327. The van der Waals surface area contributed by atoms with E-state index in [2.05, 4.69) is 199 Å². The van der Waals surface area contributed by atoms with Crippen LogP contribution in [0.15, 0.2) is 266 Å². The highest BCUT2D eigenvalue weighted by molar-refractivity contribution is 7.97. The Kier molecular flexibility index (Phi) is 32.6. The summed E-state index contributed by atoms with van der Waals surface area (Å²) in [5, 5.41) is 11.1. The van der Waals surface area contributed by atoms with Crippen molar-refractivity contribution in [3.05, 3.63) is 237 Å². The van der Waals surface area contributed by atoms with Gasteiger partial charge >= 0.3 is 18.0 Å². The van der Waals surface area contributed by atoms with Crippen molar-refractivity contribution in [2.45, 2.75) is 204 Å². The highest BCUT2D eigenvalue weighted by Gasteiger charge is 2.56. The average Bonchev–Trinajstić information content (AvgIpc) is 1.01. The molecule has 8 aromatic carbocycles. The molecule has 114 heavy (non-hydrogen) atoms. The first-order valence-electron chi connectivity index (χ1n) is 41.6. The summed E-state index contributed by atoms with van der Waals surface area (Å²) >= 11 is 0. The topological polar surface area (TPSA) is 207 Å². The number of imidazole rings is 1. The molecule has 18 rings (SSSR count). The minimum Gasteiger partial charge on any atom is -0.748 e. The van der Waals surface area contributed by atoms with Gasteiger partial charge in [0.05, 0.1) is 67.3 Å². The van der Waals surface area contributed by atoms with E-state index < -0.39 is 38.9 Å². The van der Waals surface area contributed by atoms with Gasteiger partial charge in [-0.15, -0.1) is 0 Å². The van der Waals surface area contributed by atoms with Crippen LogP contribution < -0.4 is 5.11 Å². The molecule has 8 saturated carbocycles. The van der Waals surface area contributed by atoms with Gasteiger partial charge in [0.2, 0.25) is 0 Å². The molecule has 1 saturated heterocycles. The second-order valence-corrected chi connectivity index (χ2v) is 38.5. The Morgan fingerprint density at radius 1 is 0.482 bits per heavy atom. The molecule has 9 aromatic rings. The number of rotatable bonds is 25. The molecule has 0 N–H and O–H groups in total. The molecule has 606 valence electrons. The maximum atomic E-state index is 12.6. The normalized spacial score (nSPS) is 21.5. The summed E-state index contributed by atoms with van der Waals surface area (Å²) in [5.41, 5.74) is 1.07. The number of hydrogen-bond acceptors (Lipinski definition) is 14. The molecule has 2 heterocycles. The Morgan fingerprint density at radius 2 is 0.842 bits per heavy atom. The van der Waals surface area contributed by atoms with Crippen LogP contribution in [0.1, 0.15) is 169 Å². The summed E-state index contributed by atoms with van der Waals surface area (Å²) in [7, 11) is -4.33. The fraction of sp³-hybridized carbons (Fsp3) is 0.448. The first-order chi connectivity index (χ1) is 55.2. The van der Waals surface area contributed by atoms with Crippen LogP contribution in [0, 0.1) is 46.3 Å². The average molecular weight is 1600 g/mol. The van der Waals surface area contributed by atoms with Gasteiger partial charge in [-0.05, 0) is 225 Å². The van der Waals surface area contributed by atoms with E-state index in [0.29, 0.717) is 54.4 Å². The molecule has 15 nitrogen and oxygen atoms in total. The zero-order chi connectivity index (χ0) is 80.2. The lowest BCUT2D eigenvalue weighted by Gasteiger charge is -2.57. The summed E-state index contributed by atoms with van der Waals surface area (Å²) < 4.78 is 54.3. The van der Waals surface area contributed by atoms with Crippen molar-refractivity contribution >= 4 is 66.9 Å². The molecule has 0 atom stereocenters. The molecule has 8 aliphatic carbocycles. The van der Waals surface area contributed by atoms with E-state index in [1.54, 1.807) is 0 Å². The van der Waals surface area contributed by atoms with Crippen molar-refractivity contribution < 1.29 is 56.2 Å². The van der Waals surface area contributed by atoms with Gasteiger partial charge in [0, 0.05) is 43.0 Å². The number of carbonyl (C=O) groups is 4. The molecule has 0 unspecified atom stereocenters. The summed E-state index contributed by atoms with van der Waals surface area (Å²) in [4.78, 5) is 62.7. The summed E-state index contributed by atoms with van der Waals surface area (Å²) in [6.07, 6.45) is 24.7. The van der Waals surface area contributed by atoms with Crippen LogP contribution in [0.5, 0.6) is 0 Å². The van der Waals surface area contributed by atoms with Crippen LogP contribution in [0.25, 0.3) is 22.4 Å². The third-order valence-electron chi connectivity index (χ3n) is 22.8. The fourth-order valence-corrected chi connectivity index (χ4v) is 22.8. The van der Waals surface area contributed by atoms with Crippen molar-refractivity contribution in [3.63, 3.8) is 0 Å². The van der Waals surface area contributed by atoms with Crippen LogP contribution in [0.2, 0.25) is 0 Å². The van der Waals surface area contributed by atoms with Crippen LogP contribution in [-0.4, -0.2) is 109 Å². The standard InChI is InChI=1S/C18H18N2O2.C18H35NO3.2C18H15S.C13H20O5S.C11H16O2/c1-18(2,3)22-17(21)20-15-12-8-7-11-14(15)19-16(20)13-9-5-4-6-10-13;1-2-3-4-5-6-7-8-9-10-11-18(20)22-17-14-19-12-15-21-16-13-19;2*1-4-10-16(11-5-1)19(17-12-6-2-7-13-17)18-14-8-3-9-15-18;14-12(18-1-2-19(15,16)17)13-6-9-3-10(7-13)5-11(4-9)8-13;12-10(13)11-4-7-1-8(5-11)3-9(2-7)6-11/h4-12H,1-3H3;2-17H2,1H3;2*1-15H;9-11H,1-8H2,(H,15,16,17);7-9H,1-6H2,(H,12,13)/q;;2*+1;;/p-2. The number of ether oxygens (including phenoxy) is 4. The number of morpholine rings is 1. The van der Waals surface area contributed by atoms with Gasteiger partial charge in [0.25, 0.3) is 0 Å². The Hall–Kier alpha value is -8.36. The van der Waals surface area contributed by atoms with E-state index in [0.717, 1.165) is 101 Å². The maximum absolute atomic E-state index is 12.6. The molecule has 9 fully saturated rings. The predicted octanol–water partition coefficient (Wildman–Crippen LogP) is 20.1. The second kappa shape index (κ2) is 43.0. The van der Waals surface area contributed by atoms with Gasteiger partial charge in [-0.25, -0.2) is 22.8 Å². The first kappa shape index (κ1) is 86.5. The van der Waals surface area contributed by atoms with Gasteiger partial charge < -0.3 is 33.4 Å². The quantitative estimate of drug-likeness (QED) is 0.0172. The van der Waals surface area contributed by atoms with Gasteiger partial charge in [-0.2, -0.15) is 0 Å². The number of carbonyl (C=O) groups excluding carboxylic acids is 4. The number of aliphatic carboxylic acids is 1. The van der Waals surface area contributed by atoms with Crippen LogP contribution >= 0.6 is 0 Å². The first-order valence-corrected chi connectivity index (χ1v) is 45.6. The van der Waals surface area contributed by atoms with E-state index in [-0.39, 0.29) is 45.8 Å². The molecule has 1 aliphatic heterocycles. The maximum Gasteiger partial charge on any atom is 0.420 e. The van der Waals surface area contributed by atoms with E-state index in [1.807, 2.05) is 75.4 Å². The number of hydrogen-bond donors (Lipinski definition) is 0. The van der Waals surface area contributed by atoms with Crippen LogP contribution in [0.3, 0.4) is 0 Å². The molecule has 8 bridgehead atoms. The van der Waals surface area contributed by atoms with Gasteiger partial charge in [0.1, 0.15) is 18.8 Å². The Morgan fingerprint density at radius 3 is 1.22 bits per heavy atom. The zero-order valence-electron chi connectivity index (χ0n) is 67.2. The SMILES string of the molecule is CC(C)(C)OC(=O)n1c(-c2ccccc2)nc2ccccc21.CCCCCCCCCCCC(=O)OCCN1CCOCC1.O=C(OCCS(=O)(=O)[O-])C12CC3CC(CC(C3)C1)C2.O=C([O-])C12CC3CC(CC(C3)C1)C2.c1ccc([S+](c2ccccc2)c2ccccc2)cc1.c1ccc([S+](c2ccccc2)c2ccccc2)cc1. The number of carboxylic acids is 1. The minimum absolute atomic E-state index is 0.0146. The lowest BCUT2D eigenvalue weighted by Crippen LogP contribution is -2.54. The molecular weight excluding hydrogens is 1480 g/mol. The molecule has 0 amide bonds. The van der Waals surface area contributed by atoms with Crippen LogP contribution in [-0.2, 0) is 65.2 Å². The number of benzene rings is 8. The largest absolute Gasteiger partial charge is 0.748 e. The fourth-order valence-electron chi connectivity index (χ4n) is 18.3. The molecule has 9 aliphatic rings. The molecule has 18 heteroatoms. The number of fused-ring (bicyclic) bond motifs is 1. The van der Waals surface area contributed by atoms with E-state index in [4.69, 9.17) is 18.9 Å². The van der Waals surface area contributed by atoms with Gasteiger partial charge in [-0.1, -0.05) is 210 Å². The smallest absolute Gasteiger partial charge is 0.420 e. The third kappa shape index (κ3) is 25.8. The number of para-hydroxylation sites is 2. The monoisotopic (exact) mass is 1600 g/mol. The van der Waals surface area contributed by atoms with E-state index in [9.17, 15) is 37.3 Å². The highest BCUT2D eigenvalue weighted by Crippen LogP contribution is 2.61. The molecule has 0 spiro atoms. The predicted molar refractivity (Wildman–Crippen MR) is 452 cm³/mol. The second-order valence-electron chi connectivity index (χ2n) is 32.9. The number of carboxylic acid groups (broad SMARTS) is 1. The van der Waals surface area contributed by atoms with E-state index >= 15 is 0 Å². The number of unbranched alkanes of at least 4 members (excludes halogenated alkanes) is 8. The van der Waals surface area contributed by atoms with Crippen molar-refractivity contribution in [3.8, 4) is 11.4 Å². The summed E-state index contributed by atoms with van der Waals surface area (Å²) in [6, 6.07) is 81.5. The van der Waals surface area contributed by atoms with Gasteiger partial charge in [0.15, 0.2) is 35.2 Å². The Labute approximate surface area is 683 Å². The highest BCUT2D eigenvalue weighted by atomic mass is 32.2. The molecule has 1 aromatic heterocycles. The number of esters is 2. The van der Waals surface area contributed by atoms with Crippen molar-refractivity contribution in [1.29, 1.82) is 0 Å². The summed E-state index contributed by atoms with van der Waals surface area (Å²) in [5.74, 6) is 2.98. The van der Waals surface area contributed by atoms with Crippen molar-refractivity contribution in [2.24, 2.45) is 46.3 Å². The Balaban J connectivity index is 0.000000136. The third-order valence-corrected chi connectivity index (χ3v) is 27.9. The number of nitrogens with zero attached hydrogens (tertiary/aromatic N) is 3. The molecule has 0 radical (unpaired) electrons. The van der Waals surface area contributed by atoms with Gasteiger partial charge in [-0.3, -0.25) is 14.5 Å². The zero-order valence-corrected chi connectivity index (χ0v) is 69.6. The molecular formula is C96H117N3O12S3. The number of aromatic nitrogens is 2. The van der Waals surface area contributed by atoms with Crippen molar-refractivity contribution in [2.75, 3.05) is 51.8 Å². The van der Waals surface area contributed by atoms with Crippen LogP contribution in [0.4, 0.5) is 4.79 Å². The Bertz CT molecular complexity index is 4130. The van der Waals surface area contributed by atoms with Crippen molar-refractivity contribution in [1.82, 2.24) is 14.5 Å².